The monoisotopic (exact) mass is 612 g/mol. The maximum atomic E-state index is 5.32. The lowest BCUT2D eigenvalue weighted by molar-refractivity contribution is 1.01. The molecule has 0 N–H and O–H groups in total. The molecule has 0 saturated carbocycles. The van der Waals surface area contributed by atoms with Gasteiger partial charge in [0.1, 0.15) is 0 Å². The lowest BCUT2D eigenvalue weighted by Gasteiger charge is -2.27. The molecule has 1 aliphatic rings. The Balaban J connectivity index is 1.32. The Kier molecular flexibility index (Phi) is 5.84. The molecule has 1 aliphatic heterocycles. The lowest BCUT2D eigenvalue weighted by atomic mass is 9.92. The van der Waals surface area contributed by atoms with Crippen LogP contribution < -0.4 is 4.90 Å². The fourth-order valence-electron chi connectivity index (χ4n) is 7.43. The molecule has 3 heterocycles. The van der Waals surface area contributed by atoms with Crippen molar-refractivity contribution in [3.8, 4) is 39.5 Å². The maximum Gasteiger partial charge on any atom is 0.235 e. The molecule has 0 fully saturated rings. The van der Waals surface area contributed by atoms with E-state index in [4.69, 9.17) is 9.97 Å². The van der Waals surface area contributed by atoms with Gasteiger partial charge in [-0.25, -0.2) is 9.97 Å². The highest BCUT2D eigenvalue weighted by molar-refractivity contribution is 6.14. The summed E-state index contributed by atoms with van der Waals surface area (Å²) in [6.45, 7) is 0. The van der Waals surface area contributed by atoms with E-state index < -0.39 is 0 Å². The largest absolute Gasteiger partial charge is 0.309 e. The van der Waals surface area contributed by atoms with Crippen molar-refractivity contribution in [1.82, 2.24) is 14.5 Å². The van der Waals surface area contributed by atoms with Crippen molar-refractivity contribution in [2.24, 2.45) is 0 Å². The van der Waals surface area contributed by atoms with Crippen molar-refractivity contribution in [3.05, 3.63) is 170 Å². The summed E-state index contributed by atoms with van der Waals surface area (Å²) in [6.07, 6.45) is 0. The Bertz CT molecular complexity index is 2670. The van der Waals surface area contributed by atoms with E-state index in [1.807, 2.05) is 12.1 Å². The minimum Gasteiger partial charge on any atom is -0.309 e. The summed E-state index contributed by atoms with van der Waals surface area (Å²) in [7, 11) is 0. The third-order valence-corrected chi connectivity index (χ3v) is 9.54. The van der Waals surface area contributed by atoms with E-state index >= 15 is 0 Å². The summed E-state index contributed by atoms with van der Waals surface area (Å²) in [6, 6.07) is 60.2. The van der Waals surface area contributed by atoms with Crippen LogP contribution in [-0.4, -0.2) is 14.5 Å². The van der Waals surface area contributed by atoms with Gasteiger partial charge in [-0.2, -0.15) is 0 Å². The molecule has 48 heavy (non-hydrogen) atoms. The van der Waals surface area contributed by atoms with Gasteiger partial charge in [-0.15, -0.1) is 0 Å². The van der Waals surface area contributed by atoms with E-state index in [0.717, 1.165) is 50.3 Å². The van der Waals surface area contributed by atoms with Gasteiger partial charge < -0.3 is 4.90 Å². The fraction of sp³-hybridized carbons (Fsp3) is 0. The minimum atomic E-state index is 0.659. The van der Waals surface area contributed by atoms with E-state index in [9.17, 15) is 0 Å². The third kappa shape index (κ3) is 3.96. The molecule has 9 aromatic rings. The molecule has 0 radical (unpaired) electrons. The van der Waals surface area contributed by atoms with Crippen LogP contribution in [0.3, 0.4) is 0 Å². The average molecular weight is 613 g/mol. The molecule has 7 aromatic carbocycles. The van der Waals surface area contributed by atoms with Gasteiger partial charge in [0.15, 0.2) is 0 Å². The zero-order valence-electron chi connectivity index (χ0n) is 26.0. The Labute approximate surface area is 277 Å². The Morgan fingerprint density at radius 2 is 0.979 bits per heavy atom. The van der Waals surface area contributed by atoms with Crippen LogP contribution in [0.4, 0.5) is 17.1 Å². The molecule has 0 bridgehead atoms. The molecule has 0 unspecified atom stereocenters. The van der Waals surface area contributed by atoms with Crippen molar-refractivity contribution < 1.29 is 0 Å². The number of benzene rings is 7. The first-order valence-electron chi connectivity index (χ1n) is 16.3. The van der Waals surface area contributed by atoms with E-state index in [2.05, 4.69) is 167 Å². The smallest absolute Gasteiger partial charge is 0.235 e. The zero-order chi connectivity index (χ0) is 31.6. The number of aromatic nitrogens is 3. The minimum absolute atomic E-state index is 0.659. The summed E-state index contributed by atoms with van der Waals surface area (Å²) in [4.78, 5) is 12.9. The number of hydrogen-bond acceptors (Lipinski definition) is 3. The van der Waals surface area contributed by atoms with E-state index in [1.54, 1.807) is 0 Å². The van der Waals surface area contributed by atoms with Crippen molar-refractivity contribution in [1.29, 1.82) is 0 Å². The van der Waals surface area contributed by atoms with Gasteiger partial charge in [-0.1, -0.05) is 121 Å². The zero-order valence-corrected chi connectivity index (χ0v) is 26.0. The van der Waals surface area contributed by atoms with Crippen LogP contribution in [0.15, 0.2) is 170 Å². The third-order valence-electron chi connectivity index (χ3n) is 9.54. The molecular weight excluding hydrogens is 585 g/mol. The molecule has 4 nitrogen and oxygen atoms in total. The molecule has 224 valence electrons. The van der Waals surface area contributed by atoms with E-state index in [-0.39, 0.29) is 0 Å². The molecule has 0 amide bonds. The second kappa shape index (κ2) is 10.5. The highest BCUT2D eigenvalue weighted by Gasteiger charge is 2.27. The molecule has 4 heteroatoms. The van der Waals surface area contributed by atoms with Crippen LogP contribution in [0.1, 0.15) is 0 Å². The SMILES string of the molecule is c1ccc(-c2nc(-n3c4ccccc4c4cc5c(cc43)-c3ccccc3N(c3ccccc3)c3ccccc3-5)nc3ccccc23)cc1. The van der Waals surface area contributed by atoms with Gasteiger partial charge in [-0.05, 0) is 59.7 Å². The summed E-state index contributed by atoms with van der Waals surface area (Å²) in [5, 5.41) is 3.37. The van der Waals surface area contributed by atoms with E-state index in [1.165, 1.54) is 33.0 Å². The quantitative estimate of drug-likeness (QED) is 0.199. The maximum absolute atomic E-state index is 5.32. The van der Waals surface area contributed by atoms with Crippen molar-refractivity contribution >= 4 is 49.8 Å². The van der Waals surface area contributed by atoms with Crippen molar-refractivity contribution in [2.45, 2.75) is 0 Å². The van der Waals surface area contributed by atoms with Crippen molar-refractivity contribution in [3.63, 3.8) is 0 Å². The van der Waals surface area contributed by atoms with Crippen LogP contribution in [0.25, 0.3) is 72.2 Å². The summed E-state index contributed by atoms with van der Waals surface area (Å²) < 4.78 is 2.25. The Hall–Kier alpha value is -6.52. The predicted octanol–water partition coefficient (Wildman–Crippen LogP) is 11.5. The number of hydrogen-bond donors (Lipinski definition) is 0. The second-order valence-electron chi connectivity index (χ2n) is 12.2. The molecule has 0 atom stereocenters. The highest BCUT2D eigenvalue weighted by atomic mass is 15.2. The van der Waals surface area contributed by atoms with Crippen LogP contribution >= 0.6 is 0 Å². The van der Waals surface area contributed by atoms with Gasteiger partial charge in [0.2, 0.25) is 5.95 Å². The van der Waals surface area contributed by atoms with Crippen molar-refractivity contribution in [2.75, 3.05) is 4.90 Å². The van der Waals surface area contributed by atoms with Gasteiger partial charge in [-0.3, -0.25) is 4.57 Å². The van der Waals surface area contributed by atoms with Gasteiger partial charge in [0, 0.05) is 38.5 Å². The van der Waals surface area contributed by atoms with Gasteiger partial charge in [0.25, 0.3) is 0 Å². The van der Waals surface area contributed by atoms with Gasteiger partial charge >= 0.3 is 0 Å². The molecular formula is C44H28N4. The molecule has 0 saturated heterocycles. The van der Waals surface area contributed by atoms with Crippen LogP contribution in [-0.2, 0) is 0 Å². The average Bonchev–Trinajstić information content (AvgIpc) is 3.42. The number of fused-ring (bicyclic) bond motifs is 9. The van der Waals surface area contributed by atoms with Gasteiger partial charge in [0.05, 0.1) is 33.6 Å². The normalized spacial score (nSPS) is 12.1. The summed E-state index contributed by atoms with van der Waals surface area (Å²) >= 11 is 0. The first-order chi connectivity index (χ1) is 23.8. The molecule has 10 rings (SSSR count). The molecule has 0 spiro atoms. The Morgan fingerprint density at radius 1 is 0.396 bits per heavy atom. The number of nitrogens with zero attached hydrogens (tertiary/aromatic N) is 4. The summed E-state index contributed by atoms with van der Waals surface area (Å²) in [5.41, 5.74) is 13.2. The number of rotatable bonds is 3. The summed E-state index contributed by atoms with van der Waals surface area (Å²) in [5.74, 6) is 0.659. The highest BCUT2D eigenvalue weighted by Crippen LogP contribution is 2.52. The second-order valence-corrected chi connectivity index (χ2v) is 12.2. The predicted molar refractivity (Wildman–Crippen MR) is 198 cm³/mol. The first-order valence-corrected chi connectivity index (χ1v) is 16.3. The van der Waals surface area contributed by atoms with Crippen LogP contribution in [0.2, 0.25) is 0 Å². The number of anilines is 3. The number of para-hydroxylation sites is 5. The Morgan fingerprint density at radius 3 is 1.73 bits per heavy atom. The first kappa shape index (κ1) is 26.7. The molecule has 2 aromatic heterocycles. The van der Waals surface area contributed by atoms with Crippen LogP contribution in [0, 0.1) is 0 Å². The fourth-order valence-corrected chi connectivity index (χ4v) is 7.43. The standard InChI is InChI=1S/C44H28N4/c1-3-15-29(16-4-1)43-34-22-7-11-23-38(34)45-44(46-43)48-41-26-14-10-21-33(41)37-27-35-31-19-8-12-24-39(31)47(30-17-5-2-6-18-30)40-25-13-9-20-32(40)36(35)28-42(37)48/h1-28H. The van der Waals surface area contributed by atoms with Crippen LogP contribution in [0.5, 0.6) is 0 Å². The lowest BCUT2D eigenvalue weighted by Crippen LogP contribution is -2.10. The molecule has 0 aliphatic carbocycles. The topological polar surface area (TPSA) is 34.0 Å². The van der Waals surface area contributed by atoms with E-state index in [0.29, 0.717) is 5.95 Å².